The molecule has 1 aliphatic rings. The molecule has 2 heterocycles. The van der Waals surface area contributed by atoms with Crippen molar-refractivity contribution in [2.45, 2.75) is 32.4 Å². The number of benzene rings is 1. The van der Waals surface area contributed by atoms with Crippen molar-refractivity contribution in [2.75, 3.05) is 5.32 Å². The SMILES string of the molecule is CC(C)(C)c1ccc(C2=C(C#N)[C@@H](N)n3ncnc3N2)cc1. The van der Waals surface area contributed by atoms with Crippen molar-refractivity contribution in [3.8, 4) is 6.07 Å². The van der Waals surface area contributed by atoms with Crippen LogP contribution in [0.25, 0.3) is 5.70 Å². The van der Waals surface area contributed by atoms with E-state index in [2.05, 4.69) is 54.4 Å². The smallest absolute Gasteiger partial charge is 0.227 e. The molecule has 0 saturated heterocycles. The molecule has 6 nitrogen and oxygen atoms in total. The lowest BCUT2D eigenvalue weighted by Crippen LogP contribution is -2.29. The molecule has 0 unspecified atom stereocenters. The summed E-state index contributed by atoms with van der Waals surface area (Å²) in [7, 11) is 0. The third-order valence-corrected chi connectivity index (χ3v) is 3.80. The molecule has 0 radical (unpaired) electrons. The third kappa shape index (κ3) is 2.26. The van der Waals surface area contributed by atoms with E-state index in [0.717, 1.165) is 5.56 Å². The van der Waals surface area contributed by atoms with E-state index in [4.69, 9.17) is 5.73 Å². The number of hydrogen-bond donors (Lipinski definition) is 2. The van der Waals surface area contributed by atoms with Gasteiger partial charge < -0.3 is 11.1 Å². The van der Waals surface area contributed by atoms with E-state index in [1.165, 1.54) is 16.6 Å². The second-order valence-corrected chi connectivity index (χ2v) is 6.33. The first kappa shape index (κ1) is 14.3. The number of hydrogen-bond acceptors (Lipinski definition) is 5. The highest BCUT2D eigenvalue weighted by Crippen LogP contribution is 2.32. The minimum atomic E-state index is -0.624. The molecule has 0 saturated carbocycles. The second-order valence-electron chi connectivity index (χ2n) is 6.33. The van der Waals surface area contributed by atoms with E-state index in [1.54, 1.807) is 0 Å². The second kappa shape index (κ2) is 4.97. The molecule has 22 heavy (non-hydrogen) atoms. The van der Waals surface area contributed by atoms with Crippen molar-refractivity contribution in [3.05, 3.63) is 47.3 Å². The number of nitrogens with one attached hydrogen (secondary N) is 1. The lowest BCUT2D eigenvalue weighted by Gasteiger charge is -2.25. The van der Waals surface area contributed by atoms with Crippen LogP contribution in [-0.2, 0) is 5.41 Å². The highest BCUT2D eigenvalue weighted by molar-refractivity contribution is 5.81. The van der Waals surface area contributed by atoms with Crippen molar-refractivity contribution < 1.29 is 0 Å². The Labute approximate surface area is 129 Å². The maximum atomic E-state index is 9.45. The van der Waals surface area contributed by atoms with Crippen LogP contribution >= 0.6 is 0 Å². The van der Waals surface area contributed by atoms with Gasteiger partial charge in [0.2, 0.25) is 5.95 Å². The van der Waals surface area contributed by atoms with Gasteiger partial charge in [0, 0.05) is 0 Å². The van der Waals surface area contributed by atoms with Gasteiger partial charge in [-0.1, -0.05) is 45.0 Å². The van der Waals surface area contributed by atoms with E-state index in [-0.39, 0.29) is 5.41 Å². The Kier molecular flexibility index (Phi) is 3.23. The Hall–Kier alpha value is -2.65. The molecule has 2 aromatic rings. The maximum absolute atomic E-state index is 9.45. The van der Waals surface area contributed by atoms with Crippen molar-refractivity contribution in [3.63, 3.8) is 0 Å². The largest absolute Gasteiger partial charge is 0.323 e. The monoisotopic (exact) mass is 294 g/mol. The van der Waals surface area contributed by atoms with Crippen LogP contribution in [0.4, 0.5) is 5.95 Å². The highest BCUT2D eigenvalue weighted by atomic mass is 15.4. The van der Waals surface area contributed by atoms with Crippen molar-refractivity contribution in [1.82, 2.24) is 14.8 Å². The Morgan fingerprint density at radius 3 is 2.55 bits per heavy atom. The van der Waals surface area contributed by atoms with Crippen LogP contribution in [0, 0.1) is 11.3 Å². The molecule has 0 aliphatic carbocycles. The summed E-state index contributed by atoms with van der Waals surface area (Å²) in [5, 5.41) is 16.6. The van der Waals surface area contributed by atoms with Crippen LogP contribution in [0.1, 0.15) is 38.1 Å². The molecular formula is C16H18N6. The molecule has 0 spiro atoms. The summed E-state index contributed by atoms with van der Waals surface area (Å²) in [6.07, 6.45) is 0.795. The highest BCUT2D eigenvalue weighted by Gasteiger charge is 2.27. The molecule has 1 aromatic heterocycles. The van der Waals surface area contributed by atoms with Crippen molar-refractivity contribution in [2.24, 2.45) is 5.73 Å². The molecule has 3 N–H and O–H groups in total. The fraction of sp³-hybridized carbons (Fsp3) is 0.312. The first-order valence-corrected chi connectivity index (χ1v) is 7.09. The average Bonchev–Trinajstić information content (AvgIpc) is 2.95. The van der Waals surface area contributed by atoms with Crippen LogP contribution in [0.5, 0.6) is 0 Å². The summed E-state index contributed by atoms with van der Waals surface area (Å²) in [4.78, 5) is 4.13. The van der Waals surface area contributed by atoms with E-state index in [0.29, 0.717) is 17.2 Å². The average molecular weight is 294 g/mol. The van der Waals surface area contributed by atoms with Gasteiger partial charge in [0.1, 0.15) is 18.6 Å². The Morgan fingerprint density at radius 1 is 1.27 bits per heavy atom. The molecule has 1 aliphatic heterocycles. The number of rotatable bonds is 1. The van der Waals surface area contributed by atoms with Crippen LogP contribution in [-0.4, -0.2) is 14.8 Å². The minimum Gasteiger partial charge on any atom is -0.323 e. The number of aromatic nitrogens is 3. The van der Waals surface area contributed by atoms with Crippen LogP contribution in [0.15, 0.2) is 36.2 Å². The van der Waals surface area contributed by atoms with E-state index >= 15 is 0 Å². The molecule has 0 bridgehead atoms. The zero-order valence-electron chi connectivity index (χ0n) is 12.8. The van der Waals surface area contributed by atoms with Gasteiger partial charge in [-0.2, -0.15) is 15.3 Å². The number of nitrogens with zero attached hydrogens (tertiary/aromatic N) is 4. The summed E-state index contributed by atoms with van der Waals surface area (Å²) in [5.74, 6) is 0.543. The lowest BCUT2D eigenvalue weighted by atomic mass is 9.86. The van der Waals surface area contributed by atoms with Crippen molar-refractivity contribution >= 4 is 11.6 Å². The summed E-state index contributed by atoms with van der Waals surface area (Å²) in [6.45, 7) is 6.50. The van der Waals surface area contributed by atoms with Gasteiger partial charge in [0.25, 0.3) is 0 Å². The normalized spacial score (nSPS) is 17.7. The summed E-state index contributed by atoms with van der Waals surface area (Å²) < 4.78 is 1.51. The molecule has 3 rings (SSSR count). The summed E-state index contributed by atoms with van der Waals surface area (Å²) in [6, 6.07) is 10.3. The van der Waals surface area contributed by atoms with Crippen molar-refractivity contribution in [1.29, 1.82) is 5.26 Å². The molecule has 6 heteroatoms. The zero-order valence-corrected chi connectivity index (χ0v) is 12.8. The third-order valence-electron chi connectivity index (χ3n) is 3.80. The minimum absolute atomic E-state index is 0.0849. The number of anilines is 1. The fourth-order valence-electron chi connectivity index (χ4n) is 2.48. The van der Waals surface area contributed by atoms with Gasteiger partial charge in [0.15, 0.2) is 0 Å². The van der Waals surface area contributed by atoms with Gasteiger partial charge in [-0.25, -0.2) is 4.68 Å². The van der Waals surface area contributed by atoms with Crippen LogP contribution in [0.2, 0.25) is 0 Å². The van der Waals surface area contributed by atoms with Gasteiger partial charge in [0.05, 0.1) is 11.3 Å². The summed E-state index contributed by atoms with van der Waals surface area (Å²) >= 11 is 0. The molecule has 1 aromatic carbocycles. The first-order valence-electron chi connectivity index (χ1n) is 7.09. The van der Waals surface area contributed by atoms with Gasteiger partial charge in [-0.05, 0) is 16.5 Å². The Bertz CT molecular complexity index is 770. The Morgan fingerprint density at radius 2 is 1.95 bits per heavy atom. The molecule has 1 atom stereocenters. The van der Waals surface area contributed by atoms with E-state index in [9.17, 15) is 5.26 Å². The first-order chi connectivity index (χ1) is 10.4. The Balaban J connectivity index is 2.05. The molecule has 0 fully saturated rings. The number of nitrogens with two attached hydrogens (primary N) is 1. The number of nitriles is 1. The van der Waals surface area contributed by atoms with Gasteiger partial charge >= 0.3 is 0 Å². The molecule has 0 amide bonds. The number of fused-ring (bicyclic) bond motifs is 1. The van der Waals surface area contributed by atoms with Crippen LogP contribution < -0.4 is 11.1 Å². The fourth-order valence-corrected chi connectivity index (χ4v) is 2.48. The predicted molar refractivity (Wildman–Crippen MR) is 84.5 cm³/mol. The zero-order chi connectivity index (χ0) is 15.9. The van der Waals surface area contributed by atoms with E-state index in [1.807, 2.05) is 12.1 Å². The molecular weight excluding hydrogens is 276 g/mol. The standard InChI is InChI=1S/C16H18N6/c1-16(2,3)11-6-4-10(5-7-11)13-12(8-17)14(18)22-15(21-13)19-9-20-22/h4-7,9,14H,18H2,1-3H3,(H,19,20,21)/t14-/m0/s1. The van der Waals surface area contributed by atoms with Gasteiger partial charge in [-0.15, -0.1) is 0 Å². The molecule has 112 valence electrons. The quantitative estimate of drug-likeness (QED) is 0.842. The van der Waals surface area contributed by atoms with E-state index < -0.39 is 6.17 Å². The van der Waals surface area contributed by atoms with Crippen LogP contribution in [0.3, 0.4) is 0 Å². The maximum Gasteiger partial charge on any atom is 0.227 e. The lowest BCUT2D eigenvalue weighted by molar-refractivity contribution is 0.542. The van der Waals surface area contributed by atoms with Gasteiger partial charge in [-0.3, -0.25) is 0 Å². The topological polar surface area (TPSA) is 92.5 Å². The predicted octanol–water partition coefficient (Wildman–Crippen LogP) is 2.39. The summed E-state index contributed by atoms with van der Waals surface area (Å²) in [5.41, 5.74) is 9.48.